The molecule has 0 saturated heterocycles. The van der Waals surface area contributed by atoms with Crippen molar-refractivity contribution in [2.24, 2.45) is 10.9 Å². The van der Waals surface area contributed by atoms with Gasteiger partial charge in [-0.2, -0.15) is 0 Å². The molecule has 0 radical (unpaired) electrons. The van der Waals surface area contributed by atoms with Crippen molar-refractivity contribution in [3.8, 4) is 0 Å². The first-order valence-corrected chi connectivity index (χ1v) is 15.1. The Kier molecular flexibility index (Phi) is 15.9. The van der Waals surface area contributed by atoms with E-state index < -0.39 is 28.7 Å². The van der Waals surface area contributed by atoms with Gasteiger partial charge in [-0.15, -0.1) is 0 Å². The quantitative estimate of drug-likeness (QED) is 0.0910. The number of non-ortho nitro benzene ring substituents is 1. The van der Waals surface area contributed by atoms with Gasteiger partial charge in [0, 0.05) is 29.5 Å². The molecular weight excluding hydrogens is 524 g/mol. The number of carbonyl (C=O) groups excluding carboxylic acids is 2. The van der Waals surface area contributed by atoms with E-state index >= 15 is 0 Å². The lowest BCUT2D eigenvalue weighted by molar-refractivity contribution is -0.384. The maximum atomic E-state index is 13.4. The fourth-order valence-corrected chi connectivity index (χ4v) is 4.86. The van der Waals surface area contributed by atoms with Crippen LogP contribution in [-0.2, 0) is 19.1 Å². The van der Waals surface area contributed by atoms with E-state index in [1.165, 1.54) is 12.1 Å². The predicted octanol–water partition coefficient (Wildman–Crippen LogP) is 5.47. The number of allylic oxidation sites excluding steroid dienone is 1. The number of aliphatic imine (C=N–C) groups is 1. The van der Waals surface area contributed by atoms with Crippen LogP contribution in [-0.4, -0.2) is 62.0 Å². The van der Waals surface area contributed by atoms with Gasteiger partial charge in [0.1, 0.15) is 5.92 Å². The first-order chi connectivity index (χ1) is 19.8. The van der Waals surface area contributed by atoms with E-state index in [1.807, 2.05) is 0 Å². The molecule has 2 atom stereocenters. The third-order valence-electron chi connectivity index (χ3n) is 7.13. The SMILES string of the molecule is CCCCNCCCCOC(=O)C1=C(C)N=C(C)C(C(=O)OCCCCNCCCC)C1c1cccc([N+](=O)[O-])c1. The molecular formula is C31H48N4O6. The molecule has 2 rings (SSSR count). The predicted molar refractivity (Wildman–Crippen MR) is 161 cm³/mol. The van der Waals surface area contributed by atoms with Gasteiger partial charge in [-0.25, -0.2) is 4.79 Å². The molecule has 10 nitrogen and oxygen atoms in total. The molecule has 1 aliphatic rings. The summed E-state index contributed by atoms with van der Waals surface area (Å²) in [6.07, 6.45) is 7.66. The number of esters is 2. The first kappa shape index (κ1) is 34.1. The summed E-state index contributed by atoms with van der Waals surface area (Å²) in [5.74, 6) is -2.77. The second-order valence-electron chi connectivity index (χ2n) is 10.5. The van der Waals surface area contributed by atoms with Gasteiger partial charge in [0.15, 0.2) is 0 Å². The Morgan fingerprint density at radius 2 is 1.49 bits per heavy atom. The average molecular weight is 573 g/mol. The monoisotopic (exact) mass is 572 g/mol. The van der Waals surface area contributed by atoms with Gasteiger partial charge in [0.05, 0.1) is 23.7 Å². The highest BCUT2D eigenvalue weighted by atomic mass is 16.6. The zero-order valence-corrected chi connectivity index (χ0v) is 25.2. The Morgan fingerprint density at radius 1 is 0.902 bits per heavy atom. The molecule has 1 aliphatic heterocycles. The van der Waals surface area contributed by atoms with Crippen molar-refractivity contribution in [2.45, 2.75) is 85.0 Å². The maximum absolute atomic E-state index is 13.4. The van der Waals surface area contributed by atoms with Crippen LogP contribution < -0.4 is 10.6 Å². The second-order valence-corrected chi connectivity index (χ2v) is 10.5. The summed E-state index contributed by atoms with van der Waals surface area (Å²) in [5.41, 5.74) is 1.53. The highest BCUT2D eigenvalue weighted by Crippen LogP contribution is 2.41. The first-order valence-electron chi connectivity index (χ1n) is 15.1. The van der Waals surface area contributed by atoms with Crippen molar-refractivity contribution in [3.63, 3.8) is 0 Å². The van der Waals surface area contributed by atoms with Crippen molar-refractivity contribution in [1.29, 1.82) is 0 Å². The molecule has 0 fully saturated rings. The van der Waals surface area contributed by atoms with E-state index in [1.54, 1.807) is 26.0 Å². The van der Waals surface area contributed by atoms with E-state index in [9.17, 15) is 19.7 Å². The van der Waals surface area contributed by atoms with Crippen molar-refractivity contribution < 1.29 is 24.0 Å². The van der Waals surface area contributed by atoms with Crippen LogP contribution in [0.15, 0.2) is 40.5 Å². The molecule has 41 heavy (non-hydrogen) atoms. The van der Waals surface area contributed by atoms with Gasteiger partial charge in [0.25, 0.3) is 5.69 Å². The molecule has 1 aromatic carbocycles. The number of benzene rings is 1. The standard InChI is InChI=1S/C31H48N4O6/c1-5-7-16-32-18-9-11-20-40-30(36)27-23(3)34-24(4)28(29(27)25-14-13-15-26(22-25)35(38)39)31(37)41-21-12-10-19-33-17-8-6-2/h13-15,22,27,29,32-33H,5-12,16-21H2,1-4H3. The smallest absolute Gasteiger partial charge is 0.336 e. The molecule has 0 saturated carbocycles. The molecule has 0 aliphatic carbocycles. The third kappa shape index (κ3) is 11.4. The van der Waals surface area contributed by atoms with Crippen LogP contribution in [0.4, 0.5) is 5.69 Å². The van der Waals surface area contributed by atoms with Gasteiger partial charge in [-0.05, 0) is 84.1 Å². The summed E-state index contributed by atoms with van der Waals surface area (Å²) in [6, 6.07) is 6.06. The van der Waals surface area contributed by atoms with Crippen LogP contribution in [0, 0.1) is 16.0 Å². The van der Waals surface area contributed by atoms with Crippen molar-refractivity contribution in [1.82, 2.24) is 10.6 Å². The van der Waals surface area contributed by atoms with Gasteiger partial charge < -0.3 is 20.1 Å². The van der Waals surface area contributed by atoms with Crippen LogP contribution in [0.25, 0.3) is 0 Å². The van der Waals surface area contributed by atoms with Gasteiger partial charge in [0.2, 0.25) is 0 Å². The number of unbranched alkanes of at least 4 members (excludes halogenated alkanes) is 4. The Labute approximate surface area is 244 Å². The number of hydrogen-bond donors (Lipinski definition) is 2. The summed E-state index contributed by atoms with van der Waals surface area (Å²) in [7, 11) is 0. The van der Waals surface area contributed by atoms with E-state index in [-0.39, 0.29) is 24.5 Å². The largest absolute Gasteiger partial charge is 0.465 e. The lowest BCUT2D eigenvalue weighted by Gasteiger charge is -2.31. The lowest BCUT2D eigenvalue weighted by atomic mass is 9.75. The van der Waals surface area contributed by atoms with Crippen LogP contribution in [0.2, 0.25) is 0 Å². The van der Waals surface area contributed by atoms with Crippen molar-refractivity contribution in [3.05, 3.63) is 51.2 Å². The highest BCUT2D eigenvalue weighted by Gasteiger charge is 2.42. The Balaban J connectivity index is 2.15. The molecule has 1 aromatic rings. The molecule has 10 heteroatoms. The molecule has 2 unspecified atom stereocenters. The molecule has 0 amide bonds. The fraction of sp³-hybridized carbons (Fsp3) is 0.645. The molecule has 2 N–H and O–H groups in total. The van der Waals surface area contributed by atoms with E-state index in [0.29, 0.717) is 29.8 Å². The molecule has 0 spiro atoms. The van der Waals surface area contributed by atoms with Crippen molar-refractivity contribution >= 4 is 23.3 Å². The Morgan fingerprint density at radius 3 is 2.07 bits per heavy atom. The van der Waals surface area contributed by atoms with Crippen LogP contribution in [0.1, 0.15) is 90.5 Å². The number of carbonyl (C=O) groups is 2. The minimum absolute atomic E-state index is 0.119. The number of nitrogens with zero attached hydrogens (tertiary/aromatic N) is 2. The average Bonchev–Trinajstić information content (AvgIpc) is 2.95. The topological polar surface area (TPSA) is 132 Å². The summed E-state index contributed by atoms with van der Waals surface area (Å²) in [5, 5.41) is 18.3. The number of rotatable bonds is 20. The molecule has 1 heterocycles. The molecule has 0 bridgehead atoms. The maximum Gasteiger partial charge on any atom is 0.336 e. The van der Waals surface area contributed by atoms with E-state index in [0.717, 1.165) is 64.7 Å². The summed E-state index contributed by atoms with van der Waals surface area (Å²) in [6.45, 7) is 11.8. The minimum Gasteiger partial charge on any atom is -0.465 e. The third-order valence-corrected chi connectivity index (χ3v) is 7.13. The van der Waals surface area contributed by atoms with Gasteiger partial charge in [-0.1, -0.05) is 38.8 Å². The highest BCUT2D eigenvalue weighted by molar-refractivity contribution is 6.07. The number of hydrogen-bond acceptors (Lipinski definition) is 9. The molecule has 228 valence electrons. The second kappa shape index (κ2) is 19.1. The number of nitrogens with one attached hydrogen (secondary N) is 2. The Hall–Kier alpha value is -3.11. The van der Waals surface area contributed by atoms with E-state index in [2.05, 4.69) is 29.5 Å². The van der Waals surface area contributed by atoms with Crippen LogP contribution in [0.5, 0.6) is 0 Å². The zero-order valence-electron chi connectivity index (χ0n) is 25.2. The lowest BCUT2D eigenvalue weighted by Crippen LogP contribution is -2.36. The Bertz CT molecular complexity index is 1050. The van der Waals surface area contributed by atoms with Crippen LogP contribution >= 0.6 is 0 Å². The zero-order chi connectivity index (χ0) is 30.0. The van der Waals surface area contributed by atoms with Gasteiger partial charge >= 0.3 is 11.9 Å². The summed E-state index contributed by atoms with van der Waals surface area (Å²) in [4.78, 5) is 42.4. The van der Waals surface area contributed by atoms with Gasteiger partial charge in [-0.3, -0.25) is 19.9 Å². The number of nitro benzene ring substituents is 1. The van der Waals surface area contributed by atoms with Crippen molar-refractivity contribution in [2.75, 3.05) is 39.4 Å². The number of nitro groups is 1. The van der Waals surface area contributed by atoms with Crippen LogP contribution in [0.3, 0.4) is 0 Å². The molecule has 0 aromatic heterocycles. The minimum atomic E-state index is -0.895. The fourth-order valence-electron chi connectivity index (χ4n) is 4.86. The normalized spacial score (nSPS) is 16.8. The summed E-state index contributed by atoms with van der Waals surface area (Å²) < 4.78 is 11.3. The number of ether oxygens (including phenoxy) is 2. The summed E-state index contributed by atoms with van der Waals surface area (Å²) >= 11 is 0. The van der Waals surface area contributed by atoms with E-state index in [4.69, 9.17) is 9.47 Å².